The Labute approximate surface area is 367 Å². The fraction of sp³-hybridized carbons (Fsp3) is 0.167. The molecular formula is C48H48N16. The standard InChI is InChI=1S/4C12H12N4/c1-7-3-4-10-8(5-7)11-9(12(13)14-10)6-16(2)15-11;1-7-3-4-10-8(5-7)9-6-16(2)15-11(9)12(13)14-10;1-7-3-4-8-10(5-7)14-12(13)9-6-16(2)15-11(8)9;1-7-3-4-8-9-6-16(2)15-11(9)12(13)14-10(8)5-7/h4*3-6H,1-2H3,(H2,13,14). The van der Waals surface area contributed by atoms with E-state index in [1.165, 1.54) is 22.3 Å². The number of nitrogens with zero attached hydrogens (tertiary/aromatic N) is 12. The molecule has 320 valence electrons. The van der Waals surface area contributed by atoms with Gasteiger partial charge in [0.1, 0.15) is 33.7 Å². The van der Waals surface area contributed by atoms with Gasteiger partial charge in [-0.05, 0) is 75.2 Å². The molecule has 0 radical (unpaired) electrons. The van der Waals surface area contributed by atoms with Crippen LogP contribution in [-0.2, 0) is 28.2 Å². The van der Waals surface area contributed by atoms with Crippen molar-refractivity contribution in [1.82, 2.24) is 59.1 Å². The molecule has 12 rings (SSSR count). The summed E-state index contributed by atoms with van der Waals surface area (Å²) in [5.74, 6) is 2.07. The summed E-state index contributed by atoms with van der Waals surface area (Å²) in [5.41, 5.74) is 35.4. The van der Waals surface area contributed by atoms with Crippen LogP contribution in [0.2, 0.25) is 0 Å². The molecule has 0 bridgehead atoms. The number of aryl methyl sites for hydroxylation is 8. The Morgan fingerprint density at radius 2 is 0.656 bits per heavy atom. The zero-order chi connectivity index (χ0) is 45.1. The maximum Gasteiger partial charge on any atom is 0.152 e. The topological polar surface area (TPSA) is 227 Å². The summed E-state index contributed by atoms with van der Waals surface area (Å²) in [6.07, 6.45) is 7.76. The average Bonchev–Trinajstić information content (AvgIpc) is 4.04. The summed E-state index contributed by atoms with van der Waals surface area (Å²) in [5, 5.41) is 25.8. The molecule has 0 fully saturated rings. The maximum atomic E-state index is 5.92. The second-order valence-corrected chi connectivity index (χ2v) is 16.3. The maximum absolute atomic E-state index is 5.92. The Kier molecular flexibility index (Phi) is 10.1. The van der Waals surface area contributed by atoms with Crippen molar-refractivity contribution in [3.05, 3.63) is 120 Å². The van der Waals surface area contributed by atoms with Crippen LogP contribution in [0.5, 0.6) is 0 Å². The number of rotatable bonds is 0. The number of hydrogen-bond donors (Lipinski definition) is 4. The van der Waals surface area contributed by atoms with E-state index in [1.54, 1.807) is 18.7 Å². The van der Waals surface area contributed by atoms with E-state index < -0.39 is 0 Å². The van der Waals surface area contributed by atoms with Crippen LogP contribution in [0, 0.1) is 27.7 Å². The average molecular weight is 849 g/mol. The fourth-order valence-corrected chi connectivity index (χ4v) is 8.04. The van der Waals surface area contributed by atoms with Crippen LogP contribution in [0.25, 0.3) is 87.2 Å². The summed E-state index contributed by atoms with van der Waals surface area (Å²) in [4.78, 5) is 17.5. The number of hydrogen-bond acceptors (Lipinski definition) is 12. The normalized spacial score (nSPS) is 11.4. The van der Waals surface area contributed by atoms with Gasteiger partial charge in [-0.15, -0.1) is 0 Å². The summed E-state index contributed by atoms with van der Waals surface area (Å²) in [6.45, 7) is 8.22. The van der Waals surface area contributed by atoms with Crippen LogP contribution >= 0.6 is 0 Å². The predicted octanol–water partition coefficient (Wildman–Crippen LogP) is 8.05. The largest absolute Gasteiger partial charge is 0.383 e. The third kappa shape index (κ3) is 7.61. The van der Waals surface area contributed by atoms with Crippen molar-refractivity contribution >= 4 is 110 Å². The van der Waals surface area contributed by atoms with E-state index in [9.17, 15) is 0 Å². The van der Waals surface area contributed by atoms with Gasteiger partial charge in [-0.2, -0.15) is 20.4 Å². The van der Waals surface area contributed by atoms with Crippen molar-refractivity contribution in [3.8, 4) is 0 Å². The molecule has 0 unspecified atom stereocenters. The first-order valence-corrected chi connectivity index (χ1v) is 20.6. The molecule has 0 aliphatic carbocycles. The SMILES string of the molecule is Cc1ccc2c(c1)nc(N)c1cn(C)nc12.Cc1ccc2c(c1)nc(N)c1nn(C)cc12.Cc1ccc2nc(N)c3cn(C)nc3c2c1.Cc1ccc2nc(N)c3nn(C)cc3c2c1. The molecule has 16 heteroatoms. The lowest BCUT2D eigenvalue weighted by molar-refractivity contribution is 0.779. The minimum atomic E-state index is 0.493. The molecule has 16 nitrogen and oxygen atoms in total. The first kappa shape index (κ1) is 41.0. The quantitative estimate of drug-likeness (QED) is 0.114. The zero-order valence-electron chi connectivity index (χ0n) is 36.9. The van der Waals surface area contributed by atoms with Gasteiger partial charge >= 0.3 is 0 Å². The molecule has 0 amide bonds. The number of nitrogen functional groups attached to an aromatic ring is 4. The molecular weight excluding hydrogens is 801 g/mol. The van der Waals surface area contributed by atoms with E-state index in [4.69, 9.17) is 22.9 Å². The zero-order valence-corrected chi connectivity index (χ0v) is 36.9. The molecule has 12 aromatic rings. The highest BCUT2D eigenvalue weighted by molar-refractivity contribution is 6.10. The van der Waals surface area contributed by atoms with Crippen LogP contribution < -0.4 is 22.9 Å². The minimum Gasteiger partial charge on any atom is -0.383 e. The first-order valence-electron chi connectivity index (χ1n) is 20.6. The van der Waals surface area contributed by atoms with Gasteiger partial charge in [-0.1, -0.05) is 47.5 Å². The minimum absolute atomic E-state index is 0.493. The highest BCUT2D eigenvalue weighted by Gasteiger charge is 2.13. The molecule has 64 heavy (non-hydrogen) atoms. The van der Waals surface area contributed by atoms with Gasteiger partial charge in [-0.3, -0.25) is 18.7 Å². The summed E-state index contributed by atoms with van der Waals surface area (Å²) in [6, 6.07) is 24.6. The summed E-state index contributed by atoms with van der Waals surface area (Å²) >= 11 is 0. The molecule has 0 spiro atoms. The number of pyridine rings is 4. The second kappa shape index (κ2) is 15.8. The van der Waals surface area contributed by atoms with Crippen molar-refractivity contribution in [3.63, 3.8) is 0 Å². The Morgan fingerprint density at radius 3 is 1.20 bits per heavy atom. The van der Waals surface area contributed by atoms with Crippen molar-refractivity contribution in [2.75, 3.05) is 22.9 Å². The summed E-state index contributed by atoms with van der Waals surface area (Å²) < 4.78 is 7.07. The van der Waals surface area contributed by atoms with E-state index in [2.05, 4.69) is 84.5 Å². The monoisotopic (exact) mass is 848 g/mol. The number of fused-ring (bicyclic) bond motifs is 12. The van der Waals surface area contributed by atoms with Gasteiger partial charge in [0.05, 0.1) is 32.8 Å². The second-order valence-electron chi connectivity index (χ2n) is 16.3. The molecule has 0 atom stereocenters. The molecule has 0 aliphatic heterocycles. The number of aromatic nitrogens is 12. The van der Waals surface area contributed by atoms with Crippen molar-refractivity contribution in [2.45, 2.75) is 27.7 Å². The van der Waals surface area contributed by atoms with Crippen molar-refractivity contribution < 1.29 is 0 Å². The van der Waals surface area contributed by atoms with Crippen LogP contribution in [0.3, 0.4) is 0 Å². The van der Waals surface area contributed by atoms with Crippen LogP contribution in [0.15, 0.2) is 97.6 Å². The van der Waals surface area contributed by atoms with Gasteiger partial charge in [0.25, 0.3) is 0 Å². The number of benzene rings is 4. The van der Waals surface area contributed by atoms with Crippen LogP contribution in [-0.4, -0.2) is 59.1 Å². The van der Waals surface area contributed by atoms with Gasteiger partial charge < -0.3 is 22.9 Å². The molecule has 0 aliphatic rings. The van der Waals surface area contributed by atoms with Crippen molar-refractivity contribution in [2.24, 2.45) is 28.2 Å². The van der Waals surface area contributed by atoms with Crippen LogP contribution in [0.1, 0.15) is 22.3 Å². The molecule has 8 N–H and O–H groups in total. The van der Waals surface area contributed by atoms with E-state index in [0.29, 0.717) is 23.3 Å². The first-order chi connectivity index (χ1) is 30.6. The summed E-state index contributed by atoms with van der Waals surface area (Å²) in [7, 11) is 7.56. The Bertz CT molecular complexity index is 3530. The van der Waals surface area contributed by atoms with Gasteiger partial charge in [-0.25, -0.2) is 19.9 Å². The third-order valence-corrected chi connectivity index (χ3v) is 11.0. The van der Waals surface area contributed by atoms with Crippen molar-refractivity contribution in [1.29, 1.82) is 0 Å². The number of nitrogens with two attached hydrogens (primary N) is 4. The lowest BCUT2D eigenvalue weighted by Gasteiger charge is -2.01. The smallest absolute Gasteiger partial charge is 0.152 e. The molecule has 0 saturated carbocycles. The molecule has 0 saturated heterocycles. The van der Waals surface area contributed by atoms with E-state index in [1.807, 2.05) is 109 Å². The van der Waals surface area contributed by atoms with Gasteiger partial charge in [0, 0.05) is 85.3 Å². The third-order valence-electron chi connectivity index (χ3n) is 11.0. The lowest BCUT2D eigenvalue weighted by atomic mass is 10.1. The molecule has 8 heterocycles. The van der Waals surface area contributed by atoms with Gasteiger partial charge in [0.15, 0.2) is 11.6 Å². The Morgan fingerprint density at radius 1 is 0.312 bits per heavy atom. The lowest BCUT2D eigenvalue weighted by Crippen LogP contribution is -1.93. The highest BCUT2D eigenvalue weighted by atomic mass is 15.3. The van der Waals surface area contributed by atoms with E-state index >= 15 is 0 Å². The Balaban J connectivity index is 0.000000108. The number of anilines is 4. The van der Waals surface area contributed by atoms with E-state index in [0.717, 1.165) is 87.2 Å². The van der Waals surface area contributed by atoms with Gasteiger partial charge in [0.2, 0.25) is 0 Å². The molecule has 8 aromatic heterocycles. The van der Waals surface area contributed by atoms with Crippen LogP contribution in [0.4, 0.5) is 23.3 Å². The fourth-order valence-electron chi connectivity index (χ4n) is 8.04. The van der Waals surface area contributed by atoms with E-state index in [-0.39, 0.29) is 0 Å². The Hall–Kier alpha value is -8.40. The molecule has 4 aromatic carbocycles. The highest BCUT2D eigenvalue weighted by Crippen LogP contribution is 2.30. The predicted molar refractivity (Wildman–Crippen MR) is 261 cm³/mol.